The number of amides is 1. The number of carbonyl (C=O) groups excluding carboxylic acids is 1. The molecular formula is C21H18N4O3. The normalized spacial score (nSPS) is 9.89. The SMILES string of the molecule is COc1cc(OC)cc(C(=O)Nc2ccc(Nc3ccccc3C#N)nc2)c1. The summed E-state index contributed by atoms with van der Waals surface area (Å²) in [6, 6.07) is 17.7. The highest BCUT2D eigenvalue weighted by molar-refractivity contribution is 6.04. The number of ether oxygens (including phenoxy) is 2. The molecule has 1 amide bonds. The van der Waals surface area contributed by atoms with Gasteiger partial charge in [0.1, 0.15) is 23.4 Å². The van der Waals surface area contributed by atoms with Crippen molar-refractivity contribution in [2.45, 2.75) is 0 Å². The number of pyridine rings is 1. The molecule has 1 heterocycles. The smallest absolute Gasteiger partial charge is 0.255 e. The number of anilines is 3. The lowest BCUT2D eigenvalue weighted by Gasteiger charge is -2.10. The van der Waals surface area contributed by atoms with E-state index in [0.29, 0.717) is 39.8 Å². The maximum Gasteiger partial charge on any atom is 0.255 e. The first-order valence-electron chi connectivity index (χ1n) is 8.39. The number of para-hydroxylation sites is 1. The van der Waals surface area contributed by atoms with Crippen molar-refractivity contribution in [2.75, 3.05) is 24.9 Å². The Morgan fingerprint density at radius 3 is 2.36 bits per heavy atom. The van der Waals surface area contributed by atoms with Crippen LogP contribution in [0.15, 0.2) is 60.8 Å². The van der Waals surface area contributed by atoms with Crippen molar-refractivity contribution in [1.29, 1.82) is 5.26 Å². The van der Waals surface area contributed by atoms with Gasteiger partial charge in [-0.15, -0.1) is 0 Å². The monoisotopic (exact) mass is 374 g/mol. The van der Waals surface area contributed by atoms with E-state index in [9.17, 15) is 4.79 Å². The Hall–Kier alpha value is -4.05. The van der Waals surface area contributed by atoms with Gasteiger partial charge in [-0.2, -0.15) is 5.26 Å². The summed E-state index contributed by atoms with van der Waals surface area (Å²) in [4.78, 5) is 16.8. The van der Waals surface area contributed by atoms with Gasteiger partial charge in [0.05, 0.1) is 37.4 Å². The summed E-state index contributed by atoms with van der Waals surface area (Å²) < 4.78 is 10.4. The van der Waals surface area contributed by atoms with Crippen molar-refractivity contribution < 1.29 is 14.3 Å². The molecule has 1 aromatic heterocycles. The highest BCUT2D eigenvalue weighted by atomic mass is 16.5. The Morgan fingerprint density at radius 2 is 1.75 bits per heavy atom. The molecule has 0 aliphatic heterocycles. The number of benzene rings is 2. The number of nitrogens with one attached hydrogen (secondary N) is 2. The van der Waals surface area contributed by atoms with Crippen LogP contribution in [0.4, 0.5) is 17.2 Å². The van der Waals surface area contributed by atoms with E-state index >= 15 is 0 Å². The lowest BCUT2D eigenvalue weighted by molar-refractivity contribution is 0.102. The molecule has 7 heteroatoms. The third-order valence-electron chi connectivity index (χ3n) is 3.95. The van der Waals surface area contributed by atoms with Gasteiger partial charge in [-0.3, -0.25) is 4.79 Å². The third kappa shape index (κ3) is 4.37. The average Bonchev–Trinajstić information content (AvgIpc) is 2.75. The number of hydrogen-bond donors (Lipinski definition) is 2. The average molecular weight is 374 g/mol. The maximum absolute atomic E-state index is 12.5. The molecule has 0 bridgehead atoms. The maximum atomic E-state index is 12.5. The molecule has 2 N–H and O–H groups in total. The number of nitriles is 1. The second kappa shape index (κ2) is 8.56. The fourth-order valence-electron chi connectivity index (χ4n) is 2.51. The zero-order valence-electron chi connectivity index (χ0n) is 15.4. The van der Waals surface area contributed by atoms with Crippen LogP contribution in [0.3, 0.4) is 0 Å². The molecule has 0 radical (unpaired) electrons. The highest BCUT2D eigenvalue weighted by Crippen LogP contribution is 2.24. The Kier molecular flexibility index (Phi) is 5.72. The van der Waals surface area contributed by atoms with Gasteiger partial charge in [0.2, 0.25) is 0 Å². The summed E-state index contributed by atoms with van der Waals surface area (Å²) in [7, 11) is 3.05. The number of nitrogens with zero attached hydrogens (tertiary/aromatic N) is 2. The topological polar surface area (TPSA) is 96.3 Å². The third-order valence-corrected chi connectivity index (χ3v) is 3.95. The van der Waals surface area contributed by atoms with E-state index in [0.717, 1.165) is 0 Å². The molecule has 140 valence electrons. The summed E-state index contributed by atoms with van der Waals surface area (Å²) in [5.41, 5.74) is 2.12. The summed E-state index contributed by atoms with van der Waals surface area (Å²) in [5, 5.41) is 15.0. The largest absolute Gasteiger partial charge is 0.497 e. The van der Waals surface area contributed by atoms with Crippen molar-refractivity contribution in [2.24, 2.45) is 0 Å². The molecule has 0 saturated carbocycles. The fourth-order valence-corrected chi connectivity index (χ4v) is 2.51. The molecule has 7 nitrogen and oxygen atoms in total. The van der Waals surface area contributed by atoms with Crippen LogP contribution in [0, 0.1) is 11.3 Å². The quantitative estimate of drug-likeness (QED) is 0.678. The fraction of sp³-hybridized carbons (Fsp3) is 0.0952. The van der Waals surface area contributed by atoms with Crippen molar-refractivity contribution in [3.8, 4) is 17.6 Å². The Balaban J connectivity index is 1.72. The summed E-state index contributed by atoms with van der Waals surface area (Å²) in [5.74, 6) is 1.30. The first-order chi connectivity index (χ1) is 13.6. The van der Waals surface area contributed by atoms with Gasteiger partial charge in [0, 0.05) is 11.6 Å². The molecule has 2 aromatic carbocycles. The second-order valence-electron chi connectivity index (χ2n) is 5.77. The van der Waals surface area contributed by atoms with Gasteiger partial charge in [0.15, 0.2) is 0 Å². The van der Waals surface area contributed by atoms with Gasteiger partial charge >= 0.3 is 0 Å². The van der Waals surface area contributed by atoms with E-state index < -0.39 is 0 Å². The van der Waals surface area contributed by atoms with E-state index in [1.54, 1.807) is 48.5 Å². The molecule has 0 aliphatic rings. The van der Waals surface area contributed by atoms with Crippen LogP contribution in [-0.2, 0) is 0 Å². The summed E-state index contributed by atoms with van der Waals surface area (Å²) in [6.45, 7) is 0. The van der Waals surface area contributed by atoms with Crippen LogP contribution in [0.25, 0.3) is 0 Å². The highest BCUT2D eigenvalue weighted by Gasteiger charge is 2.11. The standard InChI is InChI=1S/C21H18N4O3/c1-27-17-9-15(10-18(11-17)28-2)21(26)24-16-7-8-20(23-13-16)25-19-6-4-3-5-14(19)12-22/h3-11,13H,1-2H3,(H,23,25)(H,24,26). The number of rotatable bonds is 6. The van der Waals surface area contributed by atoms with E-state index in [4.69, 9.17) is 14.7 Å². The van der Waals surface area contributed by atoms with Crippen molar-refractivity contribution >= 4 is 23.1 Å². The second-order valence-corrected chi connectivity index (χ2v) is 5.77. The van der Waals surface area contributed by atoms with Gasteiger partial charge < -0.3 is 20.1 Å². The molecule has 3 aromatic rings. The Morgan fingerprint density at radius 1 is 1.04 bits per heavy atom. The van der Waals surface area contributed by atoms with Crippen LogP contribution in [0.2, 0.25) is 0 Å². The van der Waals surface area contributed by atoms with Gasteiger partial charge in [-0.25, -0.2) is 4.98 Å². The van der Waals surface area contributed by atoms with E-state index in [2.05, 4.69) is 21.7 Å². The van der Waals surface area contributed by atoms with Crippen molar-refractivity contribution in [3.63, 3.8) is 0 Å². The van der Waals surface area contributed by atoms with Crippen molar-refractivity contribution in [1.82, 2.24) is 4.98 Å². The van der Waals surface area contributed by atoms with E-state index in [1.807, 2.05) is 6.07 Å². The van der Waals surface area contributed by atoms with E-state index in [1.165, 1.54) is 20.4 Å². The number of methoxy groups -OCH3 is 2. The van der Waals surface area contributed by atoms with Gasteiger partial charge in [0.25, 0.3) is 5.91 Å². The predicted molar refractivity (Wildman–Crippen MR) is 106 cm³/mol. The van der Waals surface area contributed by atoms with Crippen LogP contribution in [-0.4, -0.2) is 25.1 Å². The van der Waals surface area contributed by atoms with Crippen LogP contribution in [0.1, 0.15) is 15.9 Å². The summed E-state index contributed by atoms with van der Waals surface area (Å²) >= 11 is 0. The first-order valence-corrected chi connectivity index (χ1v) is 8.39. The number of hydrogen-bond acceptors (Lipinski definition) is 6. The molecule has 0 unspecified atom stereocenters. The molecule has 0 saturated heterocycles. The van der Waals surface area contributed by atoms with Crippen LogP contribution < -0.4 is 20.1 Å². The molecule has 28 heavy (non-hydrogen) atoms. The minimum Gasteiger partial charge on any atom is -0.497 e. The molecule has 3 rings (SSSR count). The van der Waals surface area contributed by atoms with E-state index in [-0.39, 0.29) is 5.91 Å². The molecular weight excluding hydrogens is 356 g/mol. The van der Waals surface area contributed by atoms with Gasteiger partial charge in [-0.05, 0) is 36.4 Å². The van der Waals surface area contributed by atoms with Crippen molar-refractivity contribution in [3.05, 3.63) is 71.9 Å². The number of carbonyl (C=O) groups is 1. The molecule has 0 fully saturated rings. The zero-order chi connectivity index (χ0) is 19.9. The lowest BCUT2D eigenvalue weighted by Crippen LogP contribution is -2.12. The zero-order valence-corrected chi connectivity index (χ0v) is 15.4. The minimum absolute atomic E-state index is 0.311. The Bertz CT molecular complexity index is 1000. The molecule has 0 aliphatic carbocycles. The Labute approximate surface area is 162 Å². The van der Waals surface area contributed by atoms with Crippen LogP contribution >= 0.6 is 0 Å². The molecule has 0 atom stereocenters. The summed E-state index contributed by atoms with van der Waals surface area (Å²) in [6.07, 6.45) is 1.53. The first kappa shape index (κ1) is 18.7. The minimum atomic E-state index is -0.311. The predicted octanol–water partition coefficient (Wildman–Crippen LogP) is 3.97. The lowest BCUT2D eigenvalue weighted by atomic mass is 10.2. The van der Waals surface area contributed by atoms with Gasteiger partial charge in [-0.1, -0.05) is 12.1 Å². The molecule has 0 spiro atoms. The number of aromatic nitrogens is 1. The van der Waals surface area contributed by atoms with Crippen LogP contribution in [0.5, 0.6) is 11.5 Å².